The van der Waals surface area contributed by atoms with E-state index in [0.717, 1.165) is 35.7 Å². The topological polar surface area (TPSA) is 33.7 Å². The molecule has 1 N–H and O–H groups in total. The minimum Gasteiger partial charge on any atom is -0.454 e. The van der Waals surface area contributed by atoms with Crippen molar-refractivity contribution in [2.45, 2.75) is 38.1 Å². The van der Waals surface area contributed by atoms with Crippen molar-refractivity contribution in [1.29, 1.82) is 0 Å². The zero-order valence-electron chi connectivity index (χ0n) is 12.5. The number of piperidine rings is 2. The van der Waals surface area contributed by atoms with Crippen LogP contribution in [0.5, 0.6) is 11.5 Å². The summed E-state index contributed by atoms with van der Waals surface area (Å²) in [6.45, 7) is 4.04. The highest BCUT2D eigenvalue weighted by Crippen LogP contribution is 2.35. The molecule has 0 radical (unpaired) electrons. The van der Waals surface area contributed by atoms with E-state index in [0.29, 0.717) is 6.79 Å². The largest absolute Gasteiger partial charge is 0.454 e. The fourth-order valence-electron chi connectivity index (χ4n) is 4.07. The number of hydrogen-bond donors (Lipinski definition) is 1. The van der Waals surface area contributed by atoms with Crippen molar-refractivity contribution in [2.24, 2.45) is 5.92 Å². The Bertz CT molecular complexity index is 504. The highest BCUT2D eigenvalue weighted by atomic mass is 16.7. The van der Waals surface area contributed by atoms with Crippen LogP contribution < -0.4 is 14.8 Å². The molecule has 21 heavy (non-hydrogen) atoms. The van der Waals surface area contributed by atoms with Crippen LogP contribution in [0, 0.1) is 5.92 Å². The van der Waals surface area contributed by atoms with Gasteiger partial charge in [0, 0.05) is 24.3 Å². The molecular weight excluding hydrogens is 264 g/mol. The van der Waals surface area contributed by atoms with Gasteiger partial charge < -0.3 is 19.7 Å². The van der Waals surface area contributed by atoms with E-state index in [2.05, 4.69) is 22.3 Å². The van der Waals surface area contributed by atoms with Gasteiger partial charge in [-0.2, -0.15) is 0 Å². The van der Waals surface area contributed by atoms with E-state index in [9.17, 15) is 0 Å². The minimum absolute atomic E-state index is 0.346. The molecule has 0 bridgehead atoms. The van der Waals surface area contributed by atoms with Crippen LogP contribution in [-0.4, -0.2) is 37.4 Å². The third-order valence-corrected chi connectivity index (χ3v) is 5.17. The molecule has 2 unspecified atom stereocenters. The molecule has 3 heterocycles. The number of nitrogens with one attached hydrogen (secondary N) is 1. The Kier molecular flexibility index (Phi) is 3.63. The SMILES string of the molecule is c1cc2c(cc1NCC1CCCN3CCCCC13)OCO2. The summed E-state index contributed by atoms with van der Waals surface area (Å²) >= 11 is 0. The van der Waals surface area contributed by atoms with Crippen molar-refractivity contribution in [3.8, 4) is 11.5 Å². The fraction of sp³-hybridized carbons (Fsp3) is 0.647. The fourth-order valence-corrected chi connectivity index (χ4v) is 4.07. The minimum atomic E-state index is 0.346. The molecule has 4 rings (SSSR count). The van der Waals surface area contributed by atoms with Crippen molar-refractivity contribution < 1.29 is 9.47 Å². The van der Waals surface area contributed by atoms with E-state index in [1.807, 2.05) is 6.07 Å². The summed E-state index contributed by atoms with van der Waals surface area (Å²) < 4.78 is 10.8. The summed E-state index contributed by atoms with van der Waals surface area (Å²) in [7, 11) is 0. The van der Waals surface area contributed by atoms with Gasteiger partial charge in [0.15, 0.2) is 11.5 Å². The summed E-state index contributed by atoms with van der Waals surface area (Å²) in [5.41, 5.74) is 1.15. The predicted octanol–water partition coefficient (Wildman–Crippen LogP) is 3.09. The smallest absolute Gasteiger partial charge is 0.231 e. The number of nitrogens with zero attached hydrogens (tertiary/aromatic N) is 1. The van der Waals surface area contributed by atoms with Gasteiger partial charge in [0.2, 0.25) is 6.79 Å². The van der Waals surface area contributed by atoms with Gasteiger partial charge in [0.1, 0.15) is 0 Å². The molecule has 0 aliphatic carbocycles. The average Bonchev–Trinajstić information content (AvgIpc) is 3.00. The first kappa shape index (κ1) is 13.3. The van der Waals surface area contributed by atoms with Crippen molar-refractivity contribution in [3.05, 3.63) is 18.2 Å². The summed E-state index contributed by atoms with van der Waals surface area (Å²) in [6, 6.07) is 6.95. The summed E-state index contributed by atoms with van der Waals surface area (Å²) in [5, 5.41) is 3.61. The van der Waals surface area contributed by atoms with Gasteiger partial charge in [0.25, 0.3) is 0 Å². The Morgan fingerprint density at radius 1 is 1.05 bits per heavy atom. The van der Waals surface area contributed by atoms with E-state index in [1.54, 1.807) is 0 Å². The quantitative estimate of drug-likeness (QED) is 0.926. The van der Waals surface area contributed by atoms with E-state index < -0.39 is 0 Å². The van der Waals surface area contributed by atoms with Crippen molar-refractivity contribution in [1.82, 2.24) is 4.90 Å². The molecular formula is C17H24N2O2. The molecule has 0 saturated carbocycles. The van der Waals surface area contributed by atoms with E-state index in [1.165, 1.54) is 45.2 Å². The van der Waals surface area contributed by atoms with Crippen LogP contribution in [0.1, 0.15) is 32.1 Å². The molecule has 2 atom stereocenters. The molecule has 4 nitrogen and oxygen atoms in total. The van der Waals surface area contributed by atoms with Crippen molar-refractivity contribution in [3.63, 3.8) is 0 Å². The summed E-state index contributed by atoms with van der Waals surface area (Å²) in [5.74, 6) is 2.50. The first-order valence-electron chi connectivity index (χ1n) is 8.28. The van der Waals surface area contributed by atoms with Crippen LogP contribution in [0.4, 0.5) is 5.69 Å². The number of ether oxygens (including phenoxy) is 2. The van der Waals surface area contributed by atoms with Gasteiger partial charge in [0.05, 0.1) is 0 Å². The Morgan fingerprint density at radius 2 is 1.95 bits per heavy atom. The second kappa shape index (κ2) is 5.76. The maximum absolute atomic E-state index is 5.45. The van der Waals surface area contributed by atoms with Gasteiger partial charge in [-0.15, -0.1) is 0 Å². The lowest BCUT2D eigenvalue weighted by atomic mass is 9.83. The molecule has 0 spiro atoms. The molecule has 1 aromatic rings. The van der Waals surface area contributed by atoms with Gasteiger partial charge in [-0.3, -0.25) is 0 Å². The van der Waals surface area contributed by atoms with Crippen molar-refractivity contribution >= 4 is 5.69 Å². The molecule has 4 heteroatoms. The van der Waals surface area contributed by atoms with Crippen LogP contribution in [0.15, 0.2) is 18.2 Å². The third kappa shape index (κ3) is 2.69. The standard InChI is InChI=1S/C17H24N2O2/c1-2-8-19-9-3-4-13(15(19)5-1)11-18-14-6-7-16-17(10-14)21-12-20-16/h6-7,10,13,15,18H,1-5,8-9,11-12H2. The first-order chi connectivity index (χ1) is 10.4. The molecule has 3 aliphatic rings. The monoisotopic (exact) mass is 288 g/mol. The normalized spacial score (nSPS) is 28.2. The van der Waals surface area contributed by atoms with Crippen molar-refractivity contribution in [2.75, 3.05) is 31.7 Å². The molecule has 2 saturated heterocycles. The Labute approximate surface area is 126 Å². The van der Waals surface area contributed by atoms with E-state index in [-0.39, 0.29) is 0 Å². The molecule has 114 valence electrons. The number of hydrogen-bond acceptors (Lipinski definition) is 4. The first-order valence-corrected chi connectivity index (χ1v) is 8.28. The van der Waals surface area contributed by atoms with Gasteiger partial charge in [-0.25, -0.2) is 0 Å². The molecule has 3 aliphatic heterocycles. The van der Waals surface area contributed by atoms with Gasteiger partial charge >= 0.3 is 0 Å². The zero-order valence-corrected chi connectivity index (χ0v) is 12.5. The number of rotatable bonds is 3. The highest BCUT2D eigenvalue weighted by molar-refractivity contribution is 5.55. The molecule has 0 aromatic heterocycles. The maximum atomic E-state index is 5.45. The van der Waals surface area contributed by atoms with Crippen LogP contribution in [0.3, 0.4) is 0 Å². The summed E-state index contributed by atoms with van der Waals surface area (Å²) in [6.07, 6.45) is 6.89. The number of fused-ring (bicyclic) bond motifs is 2. The zero-order chi connectivity index (χ0) is 14.1. The lowest BCUT2D eigenvalue weighted by molar-refractivity contribution is 0.0649. The average molecular weight is 288 g/mol. The number of benzene rings is 1. The Balaban J connectivity index is 1.39. The van der Waals surface area contributed by atoms with Crippen LogP contribution in [0.25, 0.3) is 0 Å². The predicted molar refractivity (Wildman–Crippen MR) is 83.0 cm³/mol. The Hall–Kier alpha value is -1.42. The number of anilines is 1. The maximum Gasteiger partial charge on any atom is 0.231 e. The van der Waals surface area contributed by atoms with Crippen LogP contribution in [-0.2, 0) is 0 Å². The third-order valence-electron chi connectivity index (χ3n) is 5.17. The lowest BCUT2D eigenvalue weighted by Crippen LogP contribution is -2.49. The van der Waals surface area contributed by atoms with Crippen LogP contribution >= 0.6 is 0 Å². The van der Waals surface area contributed by atoms with Gasteiger partial charge in [-0.1, -0.05) is 6.42 Å². The Morgan fingerprint density at radius 3 is 2.95 bits per heavy atom. The van der Waals surface area contributed by atoms with E-state index >= 15 is 0 Å². The molecule has 0 amide bonds. The molecule has 1 aromatic carbocycles. The van der Waals surface area contributed by atoms with Crippen LogP contribution in [0.2, 0.25) is 0 Å². The second-order valence-electron chi connectivity index (χ2n) is 6.45. The van der Waals surface area contributed by atoms with Gasteiger partial charge in [-0.05, 0) is 56.8 Å². The lowest BCUT2D eigenvalue weighted by Gasteiger charge is -2.44. The molecule has 2 fully saturated rings. The summed E-state index contributed by atoms with van der Waals surface area (Å²) in [4.78, 5) is 2.72. The second-order valence-corrected chi connectivity index (χ2v) is 6.45. The highest BCUT2D eigenvalue weighted by Gasteiger charge is 2.32. The van der Waals surface area contributed by atoms with E-state index in [4.69, 9.17) is 9.47 Å².